The summed E-state index contributed by atoms with van der Waals surface area (Å²) in [7, 11) is 0. The molecule has 27 heavy (non-hydrogen) atoms. The van der Waals surface area contributed by atoms with Gasteiger partial charge in [0.1, 0.15) is 6.10 Å². The van der Waals surface area contributed by atoms with Crippen LogP contribution in [-0.2, 0) is 11.2 Å². The molecule has 2 atom stereocenters. The van der Waals surface area contributed by atoms with Crippen molar-refractivity contribution in [3.63, 3.8) is 0 Å². The first-order valence-corrected chi connectivity index (χ1v) is 10.6. The molecule has 5 nitrogen and oxygen atoms in total. The van der Waals surface area contributed by atoms with E-state index in [0.29, 0.717) is 5.69 Å². The molecule has 3 N–H and O–H groups in total. The first-order chi connectivity index (χ1) is 13.1. The molecule has 2 unspecified atom stereocenters. The summed E-state index contributed by atoms with van der Waals surface area (Å²) in [5, 5.41) is 22.3. The topological polar surface area (TPSA) is 82.5 Å². The molecule has 1 heterocycles. The fourth-order valence-electron chi connectivity index (χ4n) is 3.29. The lowest BCUT2D eigenvalue weighted by molar-refractivity contribution is -0.121. The van der Waals surface area contributed by atoms with Crippen LogP contribution in [0, 0.1) is 0 Å². The van der Waals surface area contributed by atoms with Crippen molar-refractivity contribution in [2.45, 2.75) is 96.6 Å². The first-order valence-electron chi connectivity index (χ1n) is 10.6. The number of nitrogens with one attached hydrogen (secondary N) is 1. The maximum Gasteiger partial charge on any atom is 0.217 e. The molecule has 0 aromatic carbocycles. The minimum Gasteiger partial charge on any atom is -0.394 e. The number of nitrogens with zero attached hydrogens (tertiary/aromatic N) is 1. The summed E-state index contributed by atoms with van der Waals surface area (Å²) in [5.74, 6) is -0.283. The summed E-state index contributed by atoms with van der Waals surface area (Å²) < 4.78 is 0. The number of rotatable bonds is 15. The van der Waals surface area contributed by atoms with E-state index in [4.69, 9.17) is 0 Å². The summed E-state index contributed by atoms with van der Waals surface area (Å²) >= 11 is 0. The van der Waals surface area contributed by atoms with Crippen LogP contribution >= 0.6 is 0 Å². The Kier molecular flexibility index (Phi) is 12.7. The fourth-order valence-corrected chi connectivity index (χ4v) is 3.29. The SMILES string of the molecule is CCCCCCCCCCCCc1cccc(C(O)C(CO)NC(C)=O)n1. The molecule has 0 spiro atoms. The Hall–Kier alpha value is -1.46. The van der Waals surface area contributed by atoms with Crippen LogP contribution in [0.5, 0.6) is 0 Å². The third-order valence-corrected chi connectivity index (χ3v) is 4.88. The third-order valence-electron chi connectivity index (χ3n) is 4.88. The number of aromatic nitrogens is 1. The Labute approximate surface area is 164 Å². The number of carbonyl (C=O) groups is 1. The van der Waals surface area contributed by atoms with Crippen molar-refractivity contribution in [2.75, 3.05) is 6.61 Å². The van der Waals surface area contributed by atoms with Crippen molar-refractivity contribution in [2.24, 2.45) is 0 Å². The van der Waals surface area contributed by atoms with E-state index < -0.39 is 12.1 Å². The maximum absolute atomic E-state index is 11.2. The van der Waals surface area contributed by atoms with Gasteiger partial charge in [0, 0.05) is 12.6 Å². The van der Waals surface area contributed by atoms with Gasteiger partial charge >= 0.3 is 0 Å². The van der Waals surface area contributed by atoms with Crippen LogP contribution in [0.15, 0.2) is 18.2 Å². The molecule has 0 saturated heterocycles. The van der Waals surface area contributed by atoms with Gasteiger partial charge in [-0.05, 0) is 25.0 Å². The highest BCUT2D eigenvalue weighted by Gasteiger charge is 2.22. The molecule has 0 aliphatic heterocycles. The summed E-state index contributed by atoms with van der Waals surface area (Å²) in [5.41, 5.74) is 1.44. The quantitative estimate of drug-likeness (QED) is 0.402. The molecule has 0 radical (unpaired) electrons. The summed E-state index contributed by atoms with van der Waals surface area (Å²) in [6.07, 6.45) is 12.9. The molecule has 0 aliphatic carbocycles. The lowest BCUT2D eigenvalue weighted by Crippen LogP contribution is -2.41. The van der Waals surface area contributed by atoms with Crippen molar-refractivity contribution in [1.29, 1.82) is 0 Å². The average molecular weight is 379 g/mol. The van der Waals surface area contributed by atoms with Gasteiger partial charge in [-0.1, -0.05) is 70.8 Å². The number of aryl methyl sites for hydroxylation is 1. The van der Waals surface area contributed by atoms with Crippen LogP contribution in [0.2, 0.25) is 0 Å². The maximum atomic E-state index is 11.2. The standard InChI is InChI=1S/C22H38N2O3/c1-3-4-5-6-7-8-9-10-11-12-14-19-15-13-16-20(24-19)22(27)21(17-25)23-18(2)26/h13,15-16,21-22,25,27H,3-12,14,17H2,1-2H3,(H,23,26). The number of aliphatic hydroxyl groups excluding tert-OH is 2. The van der Waals surface area contributed by atoms with Crippen molar-refractivity contribution < 1.29 is 15.0 Å². The normalized spacial score (nSPS) is 13.3. The number of carbonyl (C=O) groups excluding carboxylic acids is 1. The van der Waals surface area contributed by atoms with Crippen LogP contribution in [0.25, 0.3) is 0 Å². The number of unbranched alkanes of at least 4 members (excludes halogenated alkanes) is 9. The van der Waals surface area contributed by atoms with Gasteiger partial charge in [0.25, 0.3) is 0 Å². The third kappa shape index (κ3) is 10.5. The fraction of sp³-hybridized carbons (Fsp3) is 0.727. The van der Waals surface area contributed by atoms with Gasteiger partial charge in [0.05, 0.1) is 18.3 Å². The number of hydrogen-bond acceptors (Lipinski definition) is 4. The summed E-state index contributed by atoms with van der Waals surface area (Å²) in [4.78, 5) is 15.7. The largest absolute Gasteiger partial charge is 0.394 e. The van der Waals surface area contributed by atoms with Crippen molar-refractivity contribution in [3.05, 3.63) is 29.6 Å². The highest BCUT2D eigenvalue weighted by atomic mass is 16.3. The zero-order valence-electron chi connectivity index (χ0n) is 17.1. The second kappa shape index (κ2) is 14.6. The van der Waals surface area contributed by atoms with E-state index in [1.54, 1.807) is 6.07 Å². The lowest BCUT2D eigenvalue weighted by Gasteiger charge is -2.21. The Morgan fingerprint density at radius 3 is 2.19 bits per heavy atom. The molecule has 0 bridgehead atoms. The van der Waals surface area contributed by atoms with Gasteiger partial charge in [-0.3, -0.25) is 9.78 Å². The highest BCUT2D eigenvalue weighted by molar-refractivity contribution is 5.73. The molecule has 0 fully saturated rings. The van der Waals surface area contributed by atoms with Crippen molar-refractivity contribution in [3.8, 4) is 0 Å². The van der Waals surface area contributed by atoms with E-state index in [-0.39, 0.29) is 12.5 Å². The predicted molar refractivity (Wildman–Crippen MR) is 109 cm³/mol. The number of amides is 1. The summed E-state index contributed by atoms with van der Waals surface area (Å²) in [6.45, 7) is 3.29. The molecule has 1 aromatic rings. The Morgan fingerprint density at radius 1 is 1.04 bits per heavy atom. The molecule has 1 aromatic heterocycles. The number of aliphatic hydroxyl groups is 2. The Morgan fingerprint density at radius 2 is 1.63 bits per heavy atom. The van der Waals surface area contributed by atoms with Crippen molar-refractivity contribution in [1.82, 2.24) is 10.3 Å². The molecule has 154 valence electrons. The van der Waals surface area contributed by atoms with Gasteiger partial charge in [-0.25, -0.2) is 0 Å². The zero-order chi connectivity index (χ0) is 19.9. The molecule has 5 heteroatoms. The second-order valence-electron chi connectivity index (χ2n) is 7.42. The van der Waals surface area contributed by atoms with E-state index in [0.717, 1.165) is 18.5 Å². The van der Waals surface area contributed by atoms with E-state index in [2.05, 4.69) is 17.2 Å². The molecular formula is C22H38N2O3. The van der Waals surface area contributed by atoms with Crippen LogP contribution in [0.3, 0.4) is 0 Å². The van der Waals surface area contributed by atoms with E-state index >= 15 is 0 Å². The molecule has 0 aliphatic rings. The molecular weight excluding hydrogens is 340 g/mol. The minimum absolute atomic E-state index is 0.283. The second-order valence-corrected chi connectivity index (χ2v) is 7.42. The van der Waals surface area contributed by atoms with E-state index in [9.17, 15) is 15.0 Å². The van der Waals surface area contributed by atoms with Crippen LogP contribution < -0.4 is 5.32 Å². The number of pyridine rings is 1. The van der Waals surface area contributed by atoms with Gasteiger partial charge in [-0.2, -0.15) is 0 Å². The smallest absolute Gasteiger partial charge is 0.217 e. The number of hydrogen-bond donors (Lipinski definition) is 3. The first kappa shape index (κ1) is 23.6. The van der Waals surface area contributed by atoms with Gasteiger partial charge in [-0.15, -0.1) is 0 Å². The Balaban J connectivity index is 2.28. The van der Waals surface area contributed by atoms with E-state index in [1.807, 2.05) is 12.1 Å². The van der Waals surface area contributed by atoms with Gasteiger partial charge in [0.2, 0.25) is 5.91 Å². The summed E-state index contributed by atoms with van der Waals surface area (Å²) in [6, 6.07) is 4.84. The zero-order valence-corrected chi connectivity index (χ0v) is 17.1. The van der Waals surface area contributed by atoms with Gasteiger partial charge in [0.15, 0.2) is 0 Å². The highest BCUT2D eigenvalue weighted by Crippen LogP contribution is 2.17. The monoisotopic (exact) mass is 378 g/mol. The van der Waals surface area contributed by atoms with Crippen molar-refractivity contribution >= 4 is 5.91 Å². The molecule has 0 saturated carbocycles. The van der Waals surface area contributed by atoms with Crippen LogP contribution in [0.1, 0.15) is 95.5 Å². The Bertz CT molecular complexity index is 522. The molecule has 1 rings (SSSR count). The van der Waals surface area contributed by atoms with E-state index in [1.165, 1.54) is 64.7 Å². The molecule has 1 amide bonds. The van der Waals surface area contributed by atoms with Crippen LogP contribution in [0.4, 0.5) is 0 Å². The van der Waals surface area contributed by atoms with Crippen LogP contribution in [-0.4, -0.2) is 33.8 Å². The van der Waals surface area contributed by atoms with Gasteiger partial charge < -0.3 is 15.5 Å². The minimum atomic E-state index is -1.01. The predicted octanol–water partition coefficient (Wildman–Crippen LogP) is 4.08. The average Bonchev–Trinajstić information content (AvgIpc) is 2.67. The lowest BCUT2D eigenvalue weighted by atomic mass is 10.0.